The molecule has 1 amide bonds. The first-order valence-electron chi connectivity index (χ1n) is 6.70. The van der Waals surface area contributed by atoms with Crippen molar-refractivity contribution in [3.8, 4) is 0 Å². The van der Waals surface area contributed by atoms with Crippen molar-refractivity contribution >= 4 is 17.7 Å². The lowest BCUT2D eigenvalue weighted by Gasteiger charge is -2.30. The molecule has 1 heterocycles. The summed E-state index contributed by atoms with van der Waals surface area (Å²) in [4.78, 5) is 11.9. The fraction of sp³-hybridized carbons (Fsp3) is 0.923. The zero-order valence-corrected chi connectivity index (χ0v) is 11.4. The summed E-state index contributed by atoms with van der Waals surface area (Å²) in [6.07, 6.45) is 5.70. The minimum atomic E-state index is -1.09. The summed E-state index contributed by atoms with van der Waals surface area (Å²) in [5.41, 5.74) is -1.09. The van der Waals surface area contributed by atoms with E-state index >= 15 is 0 Å². The number of nitrogens with one attached hydrogen (secondary N) is 1. The lowest BCUT2D eigenvalue weighted by Crippen LogP contribution is -2.48. The van der Waals surface area contributed by atoms with Gasteiger partial charge in [-0.05, 0) is 30.4 Å². The second-order valence-electron chi connectivity index (χ2n) is 5.57. The predicted octanol–water partition coefficient (Wildman–Crippen LogP) is 1.80. The summed E-state index contributed by atoms with van der Waals surface area (Å²) in [6.45, 7) is 3.02. The van der Waals surface area contributed by atoms with Crippen LogP contribution in [0.4, 0.5) is 0 Å². The van der Waals surface area contributed by atoms with Gasteiger partial charge in [-0.25, -0.2) is 0 Å². The van der Waals surface area contributed by atoms with E-state index in [4.69, 9.17) is 0 Å². The first-order valence-corrected chi connectivity index (χ1v) is 7.86. The van der Waals surface area contributed by atoms with Crippen LogP contribution < -0.4 is 5.32 Å². The molecule has 1 aliphatic heterocycles. The molecule has 3 nitrogen and oxygen atoms in total. The van der Waals surface area contributed by atoms with E-state index < -0.39 is 5.60 Å². The Morgan fingerprint density at radius 2 is 2.24 bits per heavy atom. The van der Waals surface area contributed by atoms with Crippen molar-refractivity contribution in [2.24, 2.45) is 11.8 Å². The maximum atomic E-state index is 11.9. The van der Waals surface area contributed by atoms with Crippen LogP contribution in [-0.2, 0) is 4.79 Å². The Morgan fingerprint density at radius 1 is 1.47 bits per heavy atom. The van der Waals surface area contributed by atoms with Gasteiger partial charge < -0.3 is 10.4 Å². The van der Waals surface area contributed by atoms with Crippen LogP contribution in [0, 0.1) is 11.8 Å². The lowest BCUT2D eigenvalue weighted by atomic mass is 9.80. The van der Waals surface area contributed by atoms with E-state index in [0.29, 0.717) is 24.0 Å². The molecule has 2 fully saturated rings. The zero-order chi connectivity index (χ0) is 12.3. The molecule has 0 aromatic heterocycles. The largest absolute Gasteiger partial charge is 0.379 e. The summed E-state index contributed by atoms with van der Waals surface area (Å²) < 4.78 is 0. The van der Waals surface area contributed by atoms with Crippen LogP contribution >= 0.6 is 11.8 Å². The maximum Gasteiger partial charge on any atom is 0.252 e. The van der Waals surface area contributed by atoms with Gasteiger partial charge in [0.15, 0.2) is 5.60 Å². The van der Waals surface area contributed by atoms with Crippen molar-refractivity contribution in [1.29, 1.82) is 0 Å². The molecule has 0 radical (unpaired) electrons. The highest BCUT2D eigenvalue weighted by Gasteiger charge is 2.39. The number of aliphatic hydroxyl groups is 1. The molecule has 0 aromatic rings. The fourth-order valence-corrected chi connectivity index (χ4v) is 4.06. The summed E-state index contributed by atoms with van der Waals surface area (Å²) >= 11 is 1.66. The van der Waals surface area contributed by atoms with Crippen LogP contribution in [0.25, 0.3) is 0 Å². The van der Waals surface area contributed by atoms with E-state index in [-0.39, 0.29) is 5.91 Å². The monoisotopic (exact) mass is 257 g/mol. The van der Waals surface area contributed by atoms with E-state index in [1.807, 2.05) is 0 Å². The molecule has 0 spiro atoms. The van der Waals surface area contributed by atoms with Crippen molar-refractivity contribution in [2.75, 3.05) is 18.1 Å². The molecular formula is C13H23NO2S. The molecule has 2 N–H and O–H groups in total. The molecule has 1 saturated heterocycles. The Kier molecular flexibility index (Phi) is 4.36. The molecule has 3 atom stereocenters. The molecule has 4 heteroatoms. The van der Waals surface area contributed by atoms with Crippen molar-refractivity contribution in [1.82, 2.24) is 5.32 Å². The molecule has 17 heavy (non-hydrogen) atoms. The van der Waals surface area contributed by atoms with E-state index in [9.17, 15) is 9.90 Å². The van der Waals surface area contributed by atoms with Gasteiger partial charge in [-0.15, -0.1) is 0 Å². The van der Waals surface area contributed by atoms with E-state index in [1.54, 1.807) is 11.8 Å². The molecular weight excluding hydrogens is 234 g/mol. The first-order chi connectivity index (χ1) is 8.12. The number of carbonyl (C=O) groups excluding carboxylic acids is 1. The number of rotatable bonds is 3. The lowest BCUT2D eigenvalue weighted by molar-refractivity contribution is -0.137. The number of amides is 1. The van der Waals surface area contributed by atoms with Crippen LogP contribution in [0.15, 0.2) is 0 Å². The van der Waals surface area contributed by atoms with Crippen molar-refractivity contribution in [3.63, 3.8) is 0 Å². The quantitative estimate of drug-likeness (QED) is 0.810. The van der Waals surface area contributed by atoms with Gasteiger partial charge in [0.2, 0.25) is 0 Å². The number of thioether (sulfide) groups is 1. The molecule has 1 aliphatic carbocycles. The third-order valence-corrected chi connectivity index (χ3v) is 5.41. The summed E-state index contributed by atoms with van der Waals surface area (Å²) in [5.74, 6) is 2.60. The molecule has 2 rings (SSSR count). The Labute approximate surface area is 108 Å². The Balaban J connectivity index is 1.79. The Morgan fingerprint density at radius 3 is 2.88 bits per heavy atom. The second-order valence-corrected chi connectivity index (χ2v) is 6.67. The summed E-state index contributed by atoms with van der Waals surface area (Å²) in [7, 11) is 0. The smallest absolute Gasteiger partial charge is 0.252 e. The van der Waals surface area contributed by atoms with Gasteiger partial charge in [0.25, 0.3) is 5.91 Å². The first kappa shape index (κ1) is 13.2. The van der Waals surface area contributed by atoms with Crippen LogP contribution in [0.3, 0.4) is 0 Å². The van der Waals surface area contributed by atoms with Gasteiger partial charge in [0, 0.05) is 12.3 Å². The van der Waals surface area contributed by atoms with E-state index in [2.05, 4.69) is 12.2 Å². The van der Waals surface area contributed by atoms with E-state index in [1.165, 1.54) is 25.7 Å². The van der Waals surface area contributed by atoms with Gasteiger partial charge >= 0.3 is 0 Å². The number of carbonyl (C=O) groups is 1. The molecule has 0 aromatic carbocycles. The molecule has 0 bridgehead atoms. The third-order valence-electron chi connectivity index (χ3n) is 4.24. The third kappa shape index (κ3) is 3.16. The molecule has 98 valence electrons. The number of hydrogen-bond donors (Lipinski definition) is 2. The second kappa shape index (κ2) is 5.61. The predicted molar refractivity (Wildman–Crippen MR) is 71.0 cm³/mol. The van der Waals surface area contributed by atoms with E-state index in [0.717, 1.165) is 12.3 Å². The minimum Gasteiger partial charge on any atom is -0.379 e. The molecule has 2 aliphatic rings. The van der Waals surface area contributed by atoms with Gasteiger partial charge in [-0.1, -0.05) is 26.2 Å². The highest BCUT2D eigenvalue weighted by atomic mass is 32.2. The van der Waals surface area contributed by atoms with Crippen LogP contribution in [0.5, 0.6) is 0 Å². The summed E-state index contributed by atoms with van der Waals surface area (Å²) in [5, 5.41) is 13.1. The van der Waals surface area contributed by atoms with Crippen molar-refractivity contribution < 1.29 is 9.90 Å². The van der Waals surface area contributed by atoms with Crippen LogP contribution in [-0.4, -0.2) is 34.7 Å². The highest BCUT2D eigenvalue weighted by molar-refractivity contribution is 7.99. The van der Waals surface area contributed by atoms with Crippen LogP contribution in [0.1, 0.15) is 39.0 Å². The van der Waals surface area contributed by atoms with Gasteiger partial charge in [-0.3, -0.25) is 4.79 Å². The Bertz CT molecular complexity index is 277. The zero-order valence-electron chi connectivity index (χ0n) is 10.6. The van der Waals surface area contributed by atoms with Crippen molar-refractivity contribution in [3.05, 3.63) is 0 Å². The SMILES string of the molecule is CC1CCCCC1CNC(=O)C1(O)CCSC1. The number of hydrogen-bond acceptors (Lipinski definition) is 3. The maximum absolute atomic E-state index is 11.9. The average Bonchev–Trinajstić information content (AvgIpc) is 2.76. The van der Waals surface area contributed by atoms with Gasteiger partial charge in [0.05, 0.1) is 0 Å². The molecule has 3 unspecified atom stereocenters. The normalized spacial score (nSPS) is 38.0. The van der Waals surface area contributed by atoms with Gasteiger partial charge in [0.1, 0.15) is 0 Å². The fourth-order valence-electron chi connectivity index (χ4n) is 2.82. The average molecular weight is 257 g/mol. The minimum absolute atomic E-state index is 0.153. The molecule has 1 saturated carbocycles. The van der Waals surface area contributed by atoms with Gasteiger partial charge in [-0.2, -0.15) is 11.8 Å². The highest BCUT2D eigenvalue weighted by Crippen LogP contribution is 2.30. The topological polar surface area (TPSA) is 49.3 Å². The summed E-state index contributed by atoms with van der Waals surface area (Å²) in [6, 6.07) is 0. The Hall–Kier alpha value is -0.220. The van der Waals surface area contributed by atoms with Crippen LogP contribution in [0.2, 0.25) is 0 Å². The van der Waals surface area contributed by atoms with Crippen molar-refractivity contribution in [2.45, 2.75) is 44.6 Å². The standard InChI is InChI=1S/C13H23NO2S/c1-10-4-2-3-5-11(10)8-14-12(15)13(16)6-7-17-9-13/h10-11,16H,2-9H2,1H3,(H,14,15).